The van der Waals surface area contributed by atoms with E-state index in [0.717, 1.165) is 22.3 Å². The first-order valence-electron chi connectivity index (χ1n) is 5.90. The van der Waals surface area contributed by atoms with Crippen LogP contribution in [-0.4, -0.2) is 20.8 Å². The Morgan fingerprint density at radius 2 is 2.32 bits per heavy atom. The summed E-state index contributed by atoms with van der Waals surface area (Å²) >= 11 is 8.57. The first-order valence-corrected chi connectivity index (χ1v) is 7.10. The minimum Gasteiger partial charge on any atom is -0.389 e. The number of nitrogens with zero attached hydrogens (tertiary/aromatic N) is 2. The Balaban J connectivity index is 2.14. The molecule has 0 saturated carbocycles. The molecule has 0 spiro atoms. The highest BCUT2D eigenvalue weighted by atomic mass is 79.9. The highest BCUT2D eigenvalue weighted by Crippen LogP contribution is 2.25. The van der Waals surface area contributed by atoms with Gasteiger partial charge in [0.25, 0.3) is 0 Å². The monoisotopic (exact) mass is 338 g/mol. The standard InChI is InChI=1S/C13H15BrN4S/c1-9(8-18-7-3-6-16-18)17-11-5-2-4-10(14)12(11)13(15)19/h2-7,9,17H,8H2,1H3,(H2,15,19). The number of benzene rings is 1. The predicted octanol–water partition coefficient (Wildman–Crippen LogP) is 2.78. The van der Waals surface area contributed by atoms with Crippen LogP contribution in [0.5, 0.6) is 0 Å². The molecule has 4 nitrogen and oxygen atoms in total. The number of anilines is 1. The van der Waals surface area contributed by atoms with E-state index in [1.54, 1.807) is 6.20 Å². The molecule has 3 N–H and O–H groups in total. The number of halogens is 1. The average molecular weight is 339 g/mol. The van der Waals surface area contributed by atoms with Gasteiger partial charge in [-0.25, -0.2) is 0 Å². The molecule has 1 aromatic heterocycles. The lowest BCUT2D eigenvalue weighted by atomic mass is 10.1. The third-order valence-electron chi connectivity index (χ3n) is 2.68. The van der Waals surface area contributed by atoms with E-state index < -0.39 is 0 Å². The maximum absolute atomic E-state index is 5.77. The van der Waals surface area contributed by atoms with Crippen molar-refractivity contribution in [1.82, 2.24) is 9.78 Å². The van der Waals surface area contributed by atoms with Gasteiger partial charge < -0.3 is 11.1 Å². The first kappa shape index (κ1) is 14.0. The van der Waals surface area contributed by atoms with E-state index in [0.29, 0.717) is 4.99 Å². The molecule has 6 heteroatoms. The minimum atomic E-state index is 0.210. The second-order valence-corrected chi connectivity index (χ2v) is 5.59. The van der Waals surface area contributed by atoms with Crippen molar-refractivity contribution in [2.75, 3.05) is 5.32 Å². The number of nitrogens with two attached hydrogens (primary N) is 1. The van der Waals surface area contributed by atoms with Crippen molar-refractivity contribution in [1.29, 1.82) is 0 Å². The van der Waals surface area contributed by atoms with Crippen LogP contribution in [0, 0.1) is 0 Å². The van der Waals surface area contributed by atoms with Crippen LogP contribution in [-0.2, 0) is 6.54 Å². The van der Waals surface area contributed by atoms with Crippen LogP contribution in [0.2, 0.25) is 0 Å². The Hall–Kier alpha value is -1.40. The number of nitrogens with one attached hydrogen (secondary N) is 1. The fourth-order valence-electron chi connectivity index (χ4n) is 1.89. The molecule has 0 aliphatic heterocycles. The molecule has 19 heavy (non-hydrogen) atoms. The Morgan fingerprint density at radius 3 is 2.95 bits per heavy atom. The summed E-state index contributed by atoms with van der Waals surface area (Å²) in [6, 6.07) is 7.97. The van der Waals surface area contributed by atoms with E-state index in [4.69, 9.17) is 18.0 Å². The SMILES string of the molecule is CC(Cn1cccn1)Nc1cccc(Br)c1C(N)=S. The summed E-state index contributed by atoms with van der Waals surface area (Å²) < 4.78 is 2.78. The largest absolute Gasteiger partial charge is 0.389 e. The zero-order valence-electron chi connectivity index (χ0n) is 10.5. The van der Waals surface area contributed by atoms with Gasteiger partial charge in [0, 0.05) is 34.2 Å². The molecule has 0 bridgehead atoms. The lowest BCUT2D eigenvalue weighted by Gasteiger charge is -2.18. The topological polar surface area (TPSA) is 55.9 Å². The maximum Gasteiger partial charge on any atom is 0.107 e. The predicted molar refractivity (Wildman–Crippen MR) is 85.3 cm³/mol. The highest BCUT2D eigenvalue weighted by Gasteiger charge is 2.11. The highest BCUT2D eigenvalue weighted by molar-refractivity contribution is 9.10. The van der Waals surface area contributed by atoms with Crippen molar-refractivity contribution < 1.29 is 0 Å². The number of hydrogen-bond acceptors (Lipinski definition) is 3. The lowest BCUT2D eigenvalue weighted by Crippen LogP contribution is -2.24. The van der Waals surface area contributed by atoms with E-state index >= 15 is 0 Å². The van der Waals surface area contributed by atoms with Crippen molar-refractivity contribution in [3.63, 3.8) is 0 Å². The van der Waals surface area contributed by atoms with Gasteiger partial charge in [-0.15, -0.1) is 0 Å². The van der Waals surface area contributed by atoms with Crippen molar-refractivity contribution >= 4 is 38.8 Å². The smallest absolute Gasteiger partial charge is 0.107 e. The number of rotatable bonds is 5. The Bertz CT molecular complexity index is 568. The maximum atomic E-state index is 5.77. The molecule has 2 rings (SSSR count). The van der Waals surface area contributed by atoms with Crippen LogP contribution in [0.1, 0.15) is 12.5 Å². The third-order valence-corrected chi connectivity index (χ3v) is 3.55. The van der Waals surface area contributed by atoms with Crippen molar-refractivity contribution in [3.05, 3.63) is 46.7 Å². The molecular weight excluding hydrogens is 324 g/mol. The molecule has 1 heterocycles. The van der Waals surface area contributed by atoms with Crippen molar-refractivity contribution in [3.8, 4) is 0 Å². The quantitative estimate of drug-likeness (QED) is 0.823. The number of aromatic nitrogens is 2. The van der Waals surface area contributed by atoms with Crippen LogP contribution in [0.25, 0.3) is 0 Å². The van der Waals surface area contributed by atoms with Crippen LogP contribution in [0.3, 0.4) is 0 Å². The average Bonchev–Trinajstić information content (AvgIpc) is 2.81. The molecule has 0 aliphatic carbocycles. The third kappa shape index (κ3) is 3.54. The Morgan fingerprint density at radius 1 is 1.53 bits per heavy atom. The summed E-state index contributed by atoms with van der Waals surface area (Å²) in [6.45, 7) is 2.86. The fraction of sp³-hybridized carbons (Fsp3) is 0.231. The molecule has 100 valence electrons. The van der Waals surface area contributed by atoms with E-state index in [9.17, 15) is 0 Å². The molecular formula is C13H15BrN4S. The summed E-state index contributed by atoms with van der Waals surface area (Å²) in [7, 11) is 0. The summed E-state index contributed by atoms with van der Waals surface area (Å²) in [5.74, 6) is 0. The molecule has 0 amide bonds. The van der Waals surface area contributed by atoms with Gasteiger partial charge in [-0.1, -0.05) is 18.3 Å². The summed E-state index contributed by atoms with van der Waals surface area (Å²) in [5.41, 5.74) is 7.54. The van der Waals surface area contributed by atoms with Crippen LogP contribution in [0.15, 0.2) is 41.1 Å². The molecule has 2 aromatic rings. The first-order chi connectivity index (χ1) is 9.08. The normalized spacial score (nSPS) is 12.1. The van der Waals surface area contributed by atoms with E-state index in [2.05, 4.69) is 33.3 Å². The number of hydrogen-bond donors (Lipinski definition) is 2. The molecule has 0 radical (unpaired) electrons. The second kappa shape index (κ2) is 6.16. The van der Waals surface area contributed by atoms with Crippen LogP contribution in [0.4, 0.5) is 5.69 Å². The summed E-state index contributed by atoms with van der Waals surface area (Å²) in [4.78, 5) is 0.376. The van der Waals surface area contributed by atoms with Crippen molar-refractivity contribution in [2.45, 2.75) is 19.5 Å². The zero-order chi connectivity index (χ0) is 13.8. The summed E-state index contributed by atoms with van der Waals surface area (Å²) in [6.07, 6.45) is 3.71. The lowest BCUT2D eigenvalue weighted by molar-refractivity contribution is 0.561. The molecule has 0 saturated heterocycles. The fourth-order valence-corrected chi connectivity index (χ4v) is 2.83. The molecule has 1 atom stereocenters. The van der Waals surface area contributed by atoms with Gasteiger partial charge in [0.2, 0.25) is 0 Å². The minimum absolute atomic E-state index is 0.210. The second-order valence-electron chi connectivity index (χ2n) is 4.30. The van der Waals surface area contributed by atoms with Gasteiger partial charge >= 0.3 is 0 Å². The van der Waals surface area contributed by atoms with Crippen molar-refractivity contribution in [2.24, 2.45) is 5.73 Å². The van der Waals surface area contributed by atoms with Gasteiger partial charge in [0.15, 0.2) is 0 Å². The Kier molecular flexibility index (Phi) is 4.55. The van der Waals surface area contributed by atoms with Gasteiger partial charge in [-0.2, -0.15) is 5.10 Å². The van der Waals surface area contributed by atoms with Gasteiger partial charge in [-0.3, -0.25) is 4.68 Å². The molecule has 0 aliphatic rings. The molecule has 0 fully saturated rings. The van der Waals surface area contributed by atoms with E-state index in [1.165, 1.54) is 0 Å². The van der Waals surface area contributed by atoms with Gasteiger partial charge in [0.05, 0.1) is 6.54 Å². The molecule has 1 unspecified atom stereocenters. The van der Waals surface area contributed by atoms with E-state index in [-0.39, 0.29) is 6.04 Å². The Labute approximate surface area is 126 Å². The summed E-state index contributed by atoms with van der Waals surface area (Å²) in [5, 5.41) is 7.60. The zero-order valence-corrected chi connectivity index (χ0v) is 12.9. The van der Waals surface area contributed by atoms with E-state index in [1.807, 2.05) is 35.1 Å². The van der Waals surface area contributed by atoms with Crippen LogP contribution >= 0.6 is 28.1 Å². The number of thiocarbonyl (C=S) groups is 1. The van der Waals surface area contributed by atoms with Crippen LogP contribution < -0.4 is 11.1 Å². The van der Waals surface area contributed by atoms with Gasteiger partial charge in [-0.05, 0) is 41.1 Å². The molecule has 1 aromatic carbocycles. The van der Waals surface area contributed by atoms with Gasteiger partial charge in [0.1, 0.15) is 4.99 Å².